The van der Waals surface area contributed by atoms with E-state index in [9.17, 15) is 9.90 Å². The topological polar surface area (TPSA) is 43.8 Å². The number of rotatable bonds is 0. The Hall–Kier alpha value is -0.680. The predicted molar refractivity (Wildman–Crippen MR) is 43.8 cm³/mol. The van der Waals surface area contributed by atoms with Crippen LogP contribution in [0.3, 0.4) is 0 Å². The normalized spacial score (nSPS) is 26.3. The summed E-state index contributed by atoms with van der Waals surface area (Å²) in [7, 11) is 3.27. The molecular weight excluding hydrogens is 164 g/mol. The van der Waals surface area contributed by atoms with Crippen molar-refractivity contribution in [2.45, 2.75) is 12.6 Å². The first-order valence-electron chi connectivity index (χ1n) is 3.25. The van der Waals surface area contributed by atoms with E-state index in [2.05, 4.69) is 0 Å². The monoisotopic (exact) mass is 174 g/mol. The summed E-state index contributed by atoms with van der Waals surface area (Å²) in [6.07, 6.45) is -0.640. The molecule has 1 aliphatic rings. The van der Waals surface area contributed by atoms with Crippen molar-refractivity contribution in [2.24, 2.45) is 0 Å². The van der Waals surface area contributed by atoms with E-state index in [1.165, 1.54) is 9.80 Å². The van der Waals surface area contributed by atoms with Gasteiger partial charge in [-0.05, 0) is 12.2 Å². The van der Waals surface area contributed by atoms with Crippen molar-refractivity contribution < 1.29 is 9.90 Å². The molecule has 62 valence electrons. The summed E-state index contributed by atoms with van der Waals surface area (Å²) in [5.74, 6) is -0.138. The molecule has 5 heteroatoms. The van der Waals surface area contributed by atoms with Gasteiger partial charge in [-0.15, -0.1) is 0 Å². The maximum absolute atomic E-state index is 11.0. The van der Waals surface area contributed by atoms with Gasteiger partial charge < -0.3 is 10.0 Å². The van der Waals surface area contributed by atoms with Crippen molar-refractivity contribution in [1.29, 1.82) is 0 Å². The third-order valence-corrected chi connectivity index (χ3v) is 2.33. The fourth-order valence-corrected chi connectivity index (χ4v) is 1.12. The molecule has 1 fully saturated rings. The van der Waals surface area contributed by atoms with Crippen molar-refractivity contribution in [3.63, 3.8) is 0 Å². The maximum Gasteiger partial charge on any atom is 0.233 e. The molecule has 0 aliphatic carbocycles. The summed E-state index contributed by atoms with van der Waals surface area (Å²) in [6, 6.07) is 0. The van der Waals surface area contributed by atoms with E-state index >= 15 is 0 Å². The number of aliphatic hydroxyl groups is 1. The molecule has 1 heterocycles. The van der Waals surface area contributed by atoms with Crippen molar-refractivity contribution in [2.75, 3.05) is 14.1 Å². The van der Waals surface area contributed by atoms with E-state index in [4.69, 9.17) is 12.2 Å². The number of thiocarbonyl (C=S) groups is 1. The van der Waals surface area contributed by atoms with Crippen LogP contribution in [0.15, 0.2) is 0 Å². The molecule has 0 aromatic carbocycles. The summed E-state index contributed by atoms with van der Waals surface area (Å²) in [5, 5.41) is 9.60. The van der Waals surface area contributed by atoms with Gasteiger partial charge in [0.2, 0.25) is 5.91 Å². The number of hydrogen-bond acceptors (Lipinski definition) is 3. The van der Waals surface area contributed by atoms with Crippen LogP contribution in [0.2, 0.25) is 0 Å². The van der Waals surface area contributed by atoms with E-state index in [0.29, 0.717) is 5.11 Å². The molecule has 0 radical (unpaired) electrons. The lowest BCUT2D eigenvalue weighted by Crippen LogP contribution is -2.53. The number of carbonyl (C=O) groups is 1. The predicted octanol–water partition coefficient (Wildman–Crippen LogP) is -0.616. The Labute approximate surface area is 70.4 Å². The lowest BCUT2D eigenvalue weighted by Gasteiger charge is -2.35. The first kappa shape index (κ1) is 8.42. The number of nitrogens with zero attached hydrogens (tertiary/aromatic N) is 2. The van der Waals surface area contributed by atoms with Crippen LogP contribution in [0.4, 0.5) is 0 Å². The van der Waals surface area contributed by atoms with Gasteiger partial charge in [-0.1, -0.05) is 0 Å². The van der Waals surface area contributed by atoms with Gasteiger partial charge in [-0.25, -0.2) is 0 Å². The molecule has 0 aromatic rings. The molecule has 1 amide bonds. The zero-order valence-electron chi connectivity index (χ0n) is 6.44. The SMILES string of the molecule is CN1C(=O)CC(O)N(C)C1=S. The second-order valence-electron chi connectivity index (χ2n) is 2.53. The number of hydrogen-bond donors (Lipinski definition) is 1. The van der Waals surface area contributed by atoms with E-state index in [-0.39, 0.29) is 12.3 Å². The minimum Gasteiger partial charge on any atom is -0.373 e. The lowest BCUT2D eigenvalue weighted by molar-refractivity contribution is -0.133. The number of carbonyl (C=O) groups excluding carboxylic acids is 1. The Morgan fingerprint density at radius 2 is 2.18 bits per heavy atom. The minimum absolute atomic E-state index is 0.118. The summed E-state index contributed by atoms with van der Waals surface area (Å²) >= 11 is 4.88. The molecule has 1 unspecified atom stereocenters. The molecule has 1 aliphatic heterocycles. The van der Waals surface area contributed by atoms with Gasteiger partial charge in [0.15, 0.2) is 5.11 Å². The number of aliphatic hydroxyl groups excluding tert-OH is 1. The summed E-state index contributed by atoms with van der Waals surface area (Å²) in [5.41, 5.74) is 0. The Morgan fingerprint density at radius 1 is 1.64 bits per heavy atom. The minimum atomic E-state index is -0.758. The fourth-order valence-electron chi connectivity index (χ4n) is 0.901. The quantitative estimate of drug-likeness (QED) is 0.497. The first-order valence-corrected chi connectivity index (χ1v) is 3.66. The molecule has 1 N–H and O–H groups in total. The van der Waals surface area contributed by atoms with Crippen molar-refractivity contribution in [3.8, 4) is 0 Å². The van der Waals surface area contributed by atoms with E-state index in [0.717, 1.165) is 0 Å². The second kappa shape index (κ2) is 2.75. The van der Waals surface area contributed by atoms with Crippen molar-refractivity contribution >= 4 is 23.2 Å². The average molecular weight is 174 g/mol. The molecule has 1 rings (SSSR count). The molecule has 1 saturated heterocycles. The van der Waals surface area contributed by atoms with Crippen LogP contribution < -0.4 is 0 Å². The fraction of sp³-hybridized carbons (Fsp3) is 0.667. The highest BCUT2D eigenvalue weighted by Crippen LogP contribution is 2.11. The average Bonchev–Trinajstić information content (AvgIpc) is 1.97. The van der Waals surface area contributed by atoms with Crippen molar-refractivity contribution in [1.82, 2.24) is 9.80 Å². The van der Waals surface area contributed by atoms with Crippen LogP contribution in [-0.2, 0) is 4.79 Å². The Morgan fingerprint density at radius 3 is 2.73 bits per heavy atom. The standard InChI is InChI=1S/C6H10N2O2S/c1-7-4(9)3-5(10)8(2)6(7)11/h4,9H,3H2,1-2H3. The third kappa shape index (κ3) is 1.34. The summed E-state index contributed by atoms with van der Waals surface area (Å²) < 4.78 is 0. The number of amides is 1. The second-order valence-corrected chi connectivity index (χ2v) is 2.90. The van der Waals surface area contributed by atoms with Crippen LogP contribution in [0.25, 0.3) is 0 Å². The first-order chi connectivity index (χ1) is 5.04. The molecule has 11 heavy (non-hydrogen) atoms. The van der Waals surface area contributed by atoms with E-state index in [1.807, 2.05) is 0 Å². The van der Waals surface area contributed by atoms with E-state index in [1.54, 1.807) is 14.1 Å². The molecule has 4 nitrogen and oxygen atoms in total. The van der Waals surface area contributed by atoms with Gasteiger partial charge in [0.05, 0.1) is 6.42 Å². The molecule has 0 aromatic heterocycles. The van der Waals surface area contributed by atoms with Crippen LogP contribution in [0, 0.1) is 0 Å². The van der Waals surface area contributed by atoms with Gasteiger partial charge in [0.1, 0.15) is 6.23 Å². The molecule has 0 saturated carbocycles. The molecular formula is C6H10N2O2S. The van der Waals surface area contributed by atoms with Gasteiger partial charge in [0.25, 0.3) is 0 Å². The van der Waals surface area contributed by atoms with Crippen LogP contribution >= 0.6 is 12.2 Å². The summed E-state index contributed by atoms with van der Waals surface area (Å²) in [4.78, 5) is 13.9. The summed E-state index contributed by atoms with van der Waals surface area (Å²) in [6.45, 7) is 0. The highest BCUT2D eigenvalue weighted by atomic mass is 32.1. The van der Waals surface area contributed by atoms with Crippen LogP contribution in [-0.4, -0.2) is 46.2 Å². The van der Waals surface area contributed by atoms with Gasteiger partial charge in [-0.3, -0.25) is 9.69 Å². The zero-order chi connectivity index (χ0) is 8.59. The Kier molecular flexibility index (Phi) is 2.10. The molecule has 0 bridgehead atoms. The highest BCUT2D eigenvalue weighted by molar-refractivity contribution is 7.80. The van der Waals surface area contributed by atoms with Crippen LogP contribution in [0.1, 0.15) is 6.42 Å². The largest absolute Gasteiger partial charge is 0.373 e. The highest BCUT2D eigenvalue weighted by Gasteiger charge is 2.29. The van der Waals surface area contributed by atoms with Gasteiger partial charge in [-0.2, -0.15) is 0 Å². The van der Waals surface area contributed by atoms with Crippen LogP contribution in [0.5, 0.6) is 0 Å². The molecule has 0 spiro atoms. The Balaban J connectivity index is 2.79. The van der Waals surface area contributed by atoms with Gasteiger partial charge in [0, 0.05) is 14.1 Å². The lowest BCUT2D eigenvalue weighted by atomic mass is 10.3. The van der Waals surface area contributed by atoms with Gasteiger partial charge >= 0.3 is 0 Å². The van der Waals surface area contributed by atoms with E-state index < -0.39 is 6.23 Å². The third-order valence-electron chi connectivity index (χ3n) is 1.77. The zero-order valence-corrected chi connectivity index (χ0v) is 7.26. The van der Waals surface area contributed by atoms with Crippen molar-refractivity contribution in [3.05, 3.63) is 0 Å². The smallest absolute Gasteiger partial charge is 0.233 e. The molecule has 1 atom stereocenters. The Bertz CT molecular complexity index is 207. The maximum atomic E-state index is 11.0.